The summed E-state index contributed by atoms with van der Waals surface area (Å²) < 4.78 is 0. The average Bonchev–Trinajstić information content (AvgIpc) is 2.29. The summed E-state index contributed by atoms with van der Waals surface area (Å²) in [5.74, 6) is 0.776. The van der Waals surface area contributed by atoms with Gasteiger partial charge in [0.2, 0.25) is 0 Å². The van der Waals surface area contributed by atoms with Gasteiger partial charge in [-0.15, -0.1) is 0 Å². The van der Waals surface area contributed by atoms with Crippen LogP contribution in [-0.4, -0.2) is 23.5 Å². The fourth-order valence-corrected chi connectivity index (χ4v) is 1.68. The molecule has 1 rings (SSSR count). The number of hydrogen-bond acceptors (Lipinski definition) is 2. The molecule has 2 heteroatoms. The van der Waals surface area contributed by atoms with Crippen molar-refractivity contribution in [2.24, 2.45) is 11.8 Å². The van der Waals surface area contributed by atoms with Crippen molar-refractivity contribution in [3.63, 3.8) is 0 Å². The van der Waals surface area contributed by atoms with Gasteiger partial charge in [0.1, 0.15) is 0 Å². The Labute approximate surface area is 75.2 Å². The quantitative estimate of drug-likeness (QED) is 0.549. The van der Waals surface area contributed by atoms with Crippen molar-refractivity contribution in [2.45, 2.75) is 33.2 Å². The van der Waals surface area contributed by atoms with E-state index in [-0.39, 0.29) is 11.5 Å². The minimum absolute atomic E-state index is 0.222. The van der Waals surface area contributed by atoms with Gasteiger partial charge in [0.25, 0.3) is 0 Å². The van der Waals surface area contributed by atoms with E-state index in [2.05, 4.69) is 38.7 Å². The Kier molecular flexibility index (Phi) is 2.44. The fraction of sp³-hybridized carbons (Fsp3) is 0.900. The first-order valence-electron chi connectivity index (χ1n) is 4.60. The zero-order valence-electron chi connectivity index (χ0n) is 8.46. The van der Waals surface area contributed by atoms with Crippen molar-refractivity contribution in [3.05, 3.63) is 0 Å². The van der Waals surface area contributed by atoms with E-state index in [0.29, 0.717) is 5.92 Å². The number of rotatable bonds is 0. The van der Waals surface area contributed by atoms with Gasteiger partial charge >= 0.3 is 0 Å². The molecule has 0 spiro atoms. The molecular weight excluding hydrogens is 148 g/mol. The van der Waals surface area contributed by atoms with Crippen molar-refractivity contribution in [1.82, 2.24) is 4.90 Å². The molecule has 0 amide bonds. The molecule has 0 aromatic rings. The van der Waals surface area contributed by atoms with Crippen LogP contribution in [0.15, 0.2) is 0 Å². The third kappa shape index (κ3) is 1.78. The molecule has 0 N–H and O–H groups in total. The van der Waals surface area contributed by atoms with Crippen LogP contribution in [0.5, 0.6) is 0 Å². The zero-order chi connectivity index (χ0) is 9.35. The summed E-state index contributed by atoms with van der Waals surface area (Å²) in [6.07, 6.45) is 0. The summed E-state index contributed by atoms with van der Waals surface area (Å²) in [6, 6.07) is 2.37. The highest BCUT2D eigenvalue weighted by molar-refractivity contribution is 4.97. The van der Waals surface area contributed by atoms with Crippen LogP contribution in [0.25, 0.3) is 0 Å². The summed E-state index contributed by atoms with van der Waals surface area (Å²) in [5.41, 5.74) is 0.222. The standard InChI is InChI=1S/C10H18N2/c1-8-6-12(10(2,3)4)7-9(8)5-11/h8-9H,6-7H2,1-4H3. The molecule has 1 saturated heterocycles. The van der Waals surface area contributed by atoms with Crippen LogP contribution in [0.1, 0.15) is 27.7 Å². The minimum atomic E-state index is 0.222. The number of hydrogen-bond donors (Lipinski definition) is 0. The first-order valence-corrected chi connectivity index (χ1v) is 4.60. The van der Waals surface area contributed by atoms with Crippen molar-refractivity contribution in [2.75, 3.05) is 13.1 Å². The molecule has 1 heterocycles. The summed E-state index contributed by atoms with van der Waals surface area (Å²) in [5, 5.41) is 8.84. The summed E-state index contributed by atoms with van der Waals surface area (Å²) in [6.45, 7) is 10.8. The molecule has 1 aliphatic rings. The molecule has 0 bridgehead atoms. The number of nitriles is 1. The average molecular weight is 166 g/mol. The molecular formula is C10H18N2. The van der Waals surface area contributed by atoms with E-state index >= 15 is 0 Å². The van der Waals surface area contributed by atoms with E-state index < -0.39 is 0 Å². The van der Waals surface area contributed by atoms with Crippen LogP contribution >= 0.6 is 0 Å². The molecule has 1 aliphatic heterocycles. The maximum absolute atomic E-state index is 8.84. The second kappa shape index (κ2) is 3.06. The van der Waals surface area contributed by atoms with Gasteiger partial charge in [-0.25, -0.2) is 0 Å². The summed E-state index contributed by atoms with van der Waals surface area (Å²) in [7, 11) is 0. The lowest BCUT2D eigenvalue weighted by atomic mass is 10.0. The monoisotopic (exact) mass is 166 g/mol. The lowest BCUT2D eigenvalue weighted by Crippen LogP contribution is -2.39. The van der Waals surface area contributed by atoms with Gasteiger partial charge in [0.15, 0.2) is 0 Å². The van der Waals surface area contributed by atoms with E-state index in [9.17, 15) is 0 Å². The smallest absolute Gasteiger partial charge is 0.0672 e. The van der Waals surface area contributed by atoms with Gasteiger partial charge in [-0.1, -0.05) is 6.92 Å². The second-order valence-electron chi connectivity index (χ2n) is 4.79. The Morgan fingerprint density at radius 3 is 2.17 bits per heavy atom. The maximum Gasteiger partial charge on any atom is 0.0672 e. The molecule has 0 radical (unpaired) electrons. The van der Waals surface area contributed by atoms with Gasteiger partial charge in [-0.2, -0.15) is 5.26 Å². The fourth-order valence-electron chi connectivity index (χ4n) is 1.68. The molecule has 2 atom stereocenters. The highest BCUT2D eigenvalue weighted by Crippen LogP contribution is 2.27. The summed E-state index contributed by atoms with van der Waals surface area (Å²) in [4.78, 5) is 2.39. The third-order valence-electron chi connectivity index (χ3n) is 2.73. The predicted molar refractivity (Wildman–Crippen MR) is 49.6 cm³/mol. The van der Waals surface area contributed by atoms with Gasteiger partial charge in [-0.05, 0) is 26.7 Å². The van der Waals surface area contributed by atoms with Crippen molar-refractivity contribution in [3.8, 4) is 6.07 Å². The van der Waals surface area contributed by atoms with Gasteiger partial charge in [-0.3, -0.25) is 4.90 Å². The van der Waals surface area contributed by atoms with Crippen LogP contribution in [0, 0.1) is 23.2 Å². The molecule has 12 heavy (non-hydrogen) atoms. The SMILES string of the molecule is CC1CN(C(C)(C)C)CC1C#N. The van der Waals surface area contributed by atoms with Crippen LogP contribution in [0.4, 0.5) is 0 Å². The molecule has 0 aromatic carbocycles. The predicted octanol–water partition coefficient (Wildman–Crippen LogP) is 1.88. The van der Waals surface area contributed by atoms with Crippen LogP contribution < -0.4 is 0 Å². The first-order chi connectivity index (χ1) is 5.45. The molecule has 68 valence electrons. The third-order valence-corrected chi connectivity index (χ3v) is 2.73. The van der Waals surface area contributed by atoms with Gasteiger partial charge in [0, 0.05) is 18.6 Å². The minimum Gasteiger partial charge on any atom is -0.297 e. The van der Waals surface area contributed by atoms with E-state index in [1.165, 1.54) is 0 Å². The lowest BCUT2D eigenvalue weighted by Gasteiger charge is -2.31. The Morgan fingerprint density at radius 1 is 1.33 bits per heavy atom. The molecule has 0 saturated carbocycles. The van der Waals surface area contributed by atoms with Crippen LogP contribution in [0.2, 0.25) is 0 Å². The zero-order valence-corrected chi connectivity index (χ0v) is 8.46. The van der Waals surface area contributed by atoms with E-state index in [1.54, 1.807) is 0 Å². The number of nitrogens with zero attached hydrogens (tertiary/aromatic N) is 2. The van der Waals surface area contributed by atoms with E-state index in [0.717, 1.165) is 13.1 Å². The van der Waals surface area contributed by atoms with Gasteiger partial charge < -0.3 is 0 Å². The molecule has 0 aliphatic carbocycles. The Balaban J connectivity index is 2.62. The topological polar surface area (TPSA) is 27.0 Å². The highest BCUT2D eigenvalue weighted by Gasteiger charge is 2.34. The van der Waals surface area contributed by atoms with E-state index in [1.807, 2.05) is 0 Å². The van der Waals surface area contributed by atoms with Crippen LogP contribution in [0.3, 0.4) is 0 Å². The van der Waals surface area contributed by atoms with E-state index in [4.69, 9.17) is 5.26 Å². The molecule has 2 unspecified atom stereocenters. The van der Waals surface area contributed by atoms with Crippen molar-refractivity contribution < 1.29 is 0 Å². The molecule has 0 aromatic heterocycles. The second-order valence-corrected chi connectivity index (χ2v) is 4.79. The van der Waals surface area contributed by atoms with Crippen molar-refractivity contribution >= 4 is 0 Å². The maximum atomic E-state index is 8.84. The Bertz CT molecular complexity index is 197. The Morgan fingerprint density at radius 2 is 1.92 bits per heavy atom. The number of likely N-dealkylation sites (tertiary alicyclic amines) is 1. The van der Waals surface area contributed by atoms with Gasteiger partial charge in [0.05, 0.1) is 12.0 Å². The Hall–Kier alpha value is -0.550. The molecule has 2 nitrogen and oxygen atoms in total. The normalized spacial score (nSPS) is 31.9. The largest absolute Gasteiger partial charge is 0.297 e. The summed E-state index contributed by atoms with van der Waals surface area (Å²) >= 11 is 0. The van der Waals surface area contributed by atoms with Crippen molar-refractivity contribution in [1.29, 1.82) is 5.26 Å². The first kappa shape index (κ1) is 9.54. The highest BCUT2D eigenvalue weighted by atomic mass is 15.2. The lowest BCUT2D eigenvalue weighted by molar-refractivity contribution is 0.168. The van der Waals surface area contributed by atoms with Crippen LogP contribution in [-0.2, 0) is 0 Å². The molecule has 1 fully saturated rings.